The van der Waals surface area contributed by atoms with Crippen molar-refractivity contribution >= 4 is 11.5 Å². The predicted octanol–water partition coefficient (Wildman–Crippen LogP) is 0.706. The van der Waals surface area contributed by atoms with Crippen LogP contribution in [-0.2, 0) is 13.5 Å². The summed E-state index contributed by atoms with van der Waals surface area (Å²) in [7, 11) is 1.91. The van der Waals surface area contributed by atoms with Crippen molar-refractivity contribution in [1.82, 2.24) is 19.7 Å². The van der Waals surface area contributed by atoms with Crippen LogP contribution in [0.3, 0.4) is 0 Å². The smallest absolute Gasteiger partial charge is 0.366 e. The quantitative estimate of drug-likeness (QED) is 0.588. The summed E-state index contributed by atoms with van der Waals surface area (Å²) < 4.78 is 1.91. The van der Waals surface area contributed by atoms with E-state index in [4.69, 9.17) is 0 Å². The van der Waals surface area contributed by atoms with E-state index in [1.54, 1.807) is 6.20 Å². The Morgan fingerprint density at radius 2 is 2.47 bits per heavy atom. The first-order chi connectivity index (χ1) is 8.18. The normalized spacial score (nSPS) is 10.4. The summed E-state index contributed by atoms with van der Waals surface area (Å²) in [5.41, 5.74) is 0.393. The molecule has 2 N–H and O–H groups in total. The number of rotatable bonds is 5. The zero-order valence-electron chi connectivity index (χ0n) is 9.25. The van der Waals surface area contributed by atoms with E-state index < -0.39 is 4.92 Å². The lowest BCUT2D eigenvalue weighted by Crippen LogP contribution is -2.09. The maximum atomic E-state index is 10.6. The third-order valence-electron chi connectivity index (χ3n) is 2.39. The predicted molar refractivity (Wildman–Crippen MR) is 60.6 cm³/mol. The number of aromatic nitrogens is 4. The Morgan fingerprint density at radius 3 is 3.12 bits per heavy atom. The van der Waals surface area contributed by atoms with Crippen LogP contribution in [-0.4, -0.2) is 31.2 Å². The summed E-state index contributed by atoms with van der Waals surface area (Å²) in [6, 6.07) is 0. The van der Waals surface area contributed by atoms with Gasteiger partial charge < -0.3 is 20.0 Å². The minimum atomic E-state index is -0.504. The fraction of sp³-hybridized carbons (Fsp3) is 0.333. The van der Waals surface area contributed by atoms with Crippen molar-refractivity contribution in [3.63, 3.8) is 0 Å². The molecule has 0 aliphatic heterocycles. The van der Waals surface area contributed by atoms with Crippen molar-refractivity contribution in [3.8, 4) is 0 Å². The molecule has 0 bridgehead atoms. The minimum absolute atomic E-state index is 0.121. The number of H-pyrrole nitrogens is 1. The fourth-order valence-electron chi connectivity index (χ4n) is 1.49. The molecule has 0 aromatic carbocycles. The average Bonchev–Trinajstić information content (AvgIpc) is 2.88. The molecule has 0 spiro atoms. The molecule has 0 fully saturated rings. The van der Waals surface area contributed by atoms with Crippen LogP contribution in [0.5, 0.6) is 0 Å². The summed E-state index contributed by atoms with van der Waals surface area (Å²) in [6.45, 7) is 0.561. The summed E-state index contributed by atoms with van der Waals surface area (Å²) in [5.74, 6) is 0.800. The first kappa shape index (κ1) is 11.1. The molecule has 0 unspecified atom stereocenters. The Balaban J connectivity index is 1.92. The van der Waals surface area contributed by atoms with E-state index in [0.29, 0.717) is 18.7 Å². The molecule has 0 aliphatic carbocycles. The van der Waals surface area contributed by atoms with Crippen LogP contribution in [0.1, 0.15) is 5.82 Å². The van der Waals surface area contributed by atoms with E-state index in [9.17, 15) is 10.1 Å². The molecule has 0 aliphatic rings. The molecule has 90 valence electrons. The van der Waals surface area contributed by atoms with Gasteiger partial charge in [-0.25, -0.2) is 4.98 Å². The Hall–Kier alpha value is -2.38. The number of anilines is 1. The van der Waals surface area contributed by atoms with Crippen LogP contribution in [0.4, 0.5) is 11.5 Å². The van der Waals surface area contributed by atoms with Gasteiger partial charge in [-0.1, -0.05) is 5.10 Å². The number of aromatic amines is 1. The number of aryl methyl sites for hydroxylation is 1. The third-order valence-corrected chi connectivity index (χ3v) is 2.39. The summed E-state index contributed by atoms with van der Waals surface area (Å²) >= 11 is 0. The van der Waals surface area contributed by atoms with E-state index in [2.05, 4.69) is 20.5 Å². The molecule has 2 heterocycles. The first-order valence-corrected chi connectivity index (χ1v) is 5.06. The molecule has 2 rings (SSSR count). The average molecular weight is 236 g/mol. The van der Waals surface area contributed by atoms with Crippen LogP contribution in [0.25, 0.3) is 0 Å². The molecule has 2 aromatic rings. The third kappa shape index (κ3) is 2.41. The Morgan fingerprint density at radius 1 is 1.65 bits per heavy atom. The van der Waals surface area contributed by atoms with Gasteiger partial charge in [-0.15, -0.1) is 5.10 Å². The molecule has 17 heavy (non-hydrogen) atoms. The lowest BCUT2D eigenvalue weighted by molar-refractivity contribution is -0.388. The van der Waals surface area contributed by atoms with E-state index >= 15 is 0 Å². The Labute approximate surface area is 96.8 Å². The summed E-state index contributed by atoms with van der Waals surface area (Å²) in [6.07, 6.45) is 5.66. The number of hydrogen-bond acceptors (Lipinski definition) is 5. The largest absolute Gasteiger partial charge is 0.376 e. The zero-order valence-corrected chi connectivity index (χ0v) is 9.25. The number of nitrogens with one attached hydrogen (secondary N) is 2. The van der Waals surface area contributed by atoms with Crippen LogP contribution in [0.15, 0.2) is 18.6 Å². The minimum Gasteiger partial charge on any atom is -0.376 e. The molecular formula is C9H12N6O2. The lowest BCUT2D eigenvalue weighted by Gasteiger charge is -2.03. The van der Waals surface area contributed by atoms with Crippen molar-refractivity contribution in [2.24, 2.45) is 7.05 Å². The maximum absolute atomic E-state index is 10.6. The van der Waals surface area contributed by atoms with E-state index in [0.717, 1.165) is 5.82 Å². The molecule has 0 saturated carbocycles. The molecule has 8 nitrogen and oxygen atoms in total. The van der Waals surface area contributed by atoms with Gasteiger partial charge in [0, 0.05) is 32.4 Å². The molecule has 0 saturated heterocycles. The van der Waals surface area contributed by atoms with Crippen molar-refractivity contribution in [2.75, 3.05) is 11.9 Å². The molecule has 2 aromatic heterocycles. The van der Waals surface area contributed by atoms with Crippen molar-refractivity contribution in [3.05, 3.63) is 34.5 Å². The van der Waals surface area contributed by atoms with Gasteiger partial charge in [0.15, 0.2) is 5.69 Å². The second kappa shape index (κ2) is 4.64. The first-order valence-electron chi connectivity index (χ1n) is 5.06. The highest BCUT2D eigenvalue weighted by molar-refractivity contribution is 5.55. The number of nitrogens with zero attached hydrogens (tertiary/aromatic N) is 4. The van der Waals surface area contributed by atoms with Crippen molar-refractivity contribution in [1.29, 1.82) is 0 Å². The monoisotopic (exact) mass is 236 g/mol. The fourth-order valence-corrected chi connectivity index (χ4v) is 1.49. The van der Waals surface area contributed by atoms with Crippen molar-refractivity contribution in [2.45, 2.75) is 6.42 Å². The molecule has 0 amide bonds. The topological polar surface area (TPSA) is 102 Å². The van der Waals surface area contributed by atoms with Crippen LogP contribution >= 0.6 is 0 Å². The van der Waals surface area contributed by atoms with Gasteiger partial charge in [-0.3, -0.25) is 0 Å². The number of imidazole rings is 1. The van der Waals surface area contributed by atoms with Gasteiger partial charge in [-0.05, 0) is 4.92 Å². The van der Waals surface area contributed by atoms with Crippen LogP contribution in [0.2, 0.25) is 0 Å². The maximum Gasteiger partial charge on any atom is 0.366 e. The van der Waals surface area contributed by atoms with Crippen LogP contribution < -0.4 is 5.32 Å². The second-order valence-electron chi connectivity index (χ2n) is 3.52. The molecule has 0 atom stereocenters. The zero-order chi connectivity index (χ0) is 12.3. The SMILES string of the molecule is Cn1ccnc1CCNc1cn[nH]c1[N+](=O)[O-]. The van der Waals surface area contributed by atoms with Gasteiger partial charge in [0.2, 0.25) is 0 Å². The van der Waals surface area contributed by atoms with Crippen molar-refractivity contribution < 1.29 is 4.92 Å². The van der Waals surface area contributed by atoms with Gasteiger partial charge in [0.25, 0.3) is 0 Å². The Bertz CT molecular complexity index is 517. The van der Waals surface area contributed by atoms with Gasteiger partial charge in [0.05, 0.1) is 0 Å². The van der Waals surface area contributed by atoms with Gasteiger partial charge in [0.1, 0.15) is 12.0 Å². The van der Waals surface area contributed by atoms with Crippen LogP contribution in [0, 0.1) is 10.1 Å². The number of nitro groups is 1. The Kier molecular flexibility index (Phi) is 3.03. The summed E-state index contributed by atoms with van der Waals surface area (Å²) in [4.78, 5) is 14.3. The van der Waals surface area contributed by atoms with E-state index in [-0.39, 0.29) is 5.82 Å². The van der Waals surface area contributed by atoms with E-state index in [1.165, 1.54) is 6.20 Å². The lowest BCUT2D eigenvalue weighted by atomic mass is 10.4. The van der Waals surface area contributed by atoms with Gasteiger partial charge >= 0.3 is 5.82 Å². The summed E-state index contributed by atoms with van der Waals surface area (Å²) in [5, 5.41) is 19.5. The highest BCUT2D eigenvalue weighted by atomic mass is 16.6. The van der Waals surface area contributed by atoms with Gasteiger partial charge in [-0.2, -0.15) is 0 Å². The molecule has 0 radical (unpaired) electrons. The highest BCUT2D eigenvalue weighted by Crippen LogP contribution is 2.19. The second-order valence-corrected chi connectivity index (χ2v) is 3.52. The standard InChI is InChI=1S/C9H12N6O2/c1-14-5-4-11-8(14)2-3-10-7-6-12-13-9(7)15(16)17/h4-6,10H,2-3H2,1H3,(H,12,13). The molecule has 8 heteroatoms. The van der Waals surface area contributed by atoms with E-state index in [1.807, 2.05) is 17.8 Å². The highest BCUT2D eigenvalue weighted by Gasteiger charge is 2.13. The molecular weight excluding hydrogens is 224 g/mol. The number of hydrogen-bond donors (Lipinski definition) is 2.